The molecule has 6 nitrogen and oxygen atoms in total. The average Bonchev–Trinajstić information content (AvgIpc) is 2.85. The van der Waals surface area contributed by atoms with Crippen molar-refractivity contribution in [2.75, 3.05) is 36.9 Å². The fourth-order valence-electron chi connectivity index (χ4n) is 2.02. The highest BCUT2D eigenvalue weighted by Gasteiger charge is 2.18. The van der Waals surface area contributed by atoms with Crippen molar-refractivity contribution in [2.24, 2.45) is 0 Å². The number of nitrogen functional groups attached to an aromatic ring is 1. The highest BCUT2D eigenvalue weighted by Crippen LogP contribution is 2.21. The SMILES string of the molecule is Nc1nc(N2CCOCC2)nn1-c1ccc(Cl)c(F)c1. The Morgan fingerprint density at radius 1 is 1.30 bits per heavy atom. The quantitative estimate of drug-likeness (QED) is 0.909. The summed E-state index contributed by atoms with van der Waals surface area (Å²) in [5.41, 5.74) is 6.33. The minimum atomic E-state index is -0.521. The smallest absolute Gasteiger partial charge is 0.247 e. The van der Waals surface area contributed by atoms with Crippen molar-refractivity contribution in [3.8, 4) is 5.69 Å². The summed E-state index contributed by atoms with van der Waals surface area (Å²) in [5.74, 6) is 0.196. The summed E-state index contributed by atoms with van der Waals surface area (Å²) in [6, 6.07) is 4.37. The van der Waals surface area contributed by atoms with E-state index in [9.17, 15) is 4.39 Å². The molecule has 2 N–H and O–H groups in total. The Hall–Kier alpha value is -1.86. The molecule has 1 aromatic heterocycles. The van der Waals surface area contributed by atoms with Crippen LogP contribution in [0.4, 0.5) is 16.3 Å². The maximum absolute atomic E-state index is 13.5. The van der Waals surface area contributed by atoms with Gasteiger partial charge in [-0.25, -0.2) is 4.39 Å². The van der Waals surface area contributed by atoms with Crippen LogP contribution in [0.2, 0.25) is 5.02 Å². The number of hydrogen-bond donors (Lipinski definition) is 1. The number of benzene rings is 1. The maximum atomic E-state index is 13.5. The second kappa shape index (κ2) is 5.26. The topological polar surface area (TPSA) is 69.2 Å². The van der Waals surface area contributed by atoms with Crippen LogP contribution in [0.25, 0.3) is 5.69 Å². The third-order valence-electron chi connectivity index (χ3n) is 3.06. The van der Waals surface area contributed by atoms with Crippen LogP contribution >= 0.6 is 11.6 Å². The fraction of sp³-hybridized carbons (Fsp3) is 0.333. The molecule has 1 saturated heterocycles. The zero-order valence-electron chi connectivity index (χ0n) is 10.6. The number of anilines is 2. The molecule has 20 heavy (non-hydrogen) atoms. The number of hydrogen-bond acceptors (Lipinski definition) is 5. The molecule has 1 aromatic carbocycles. The maximum Gasteiger partial charge on any atom is 0.247 e. The normalized spacial score (nSPS) is 15.6. The molecule has 2 aromatic rings. The number of morpholine rings is 1. The molecule has 2 heterocycles. The van der Waals surface area contributed by atoms with Crippen molar-refractivity contribution in [2.45, 2.75) is 0 Å². The van der Waals surface area contributed by atoms with Gasteiger partial charge in [-0.2, -0.15) is 9.67 Å². The van der Waals surface area contributed by atoms with Crippen molar-refractivity contribution < 1.29 is 9.13 Å². The van der Waals surface area contributed by atoms with Crippen LogP contribution in [-0.4, -0.2) is 41.1 Å². The molecule has 0 bridgehead atoms. The molecule has 3 rings (SSSR count). The lowest BCUT2D eigenvalue weighted by Gasteiger charge is -2.25. The standard InChI is InChI=1S/C12H13ClFN5O/c13-9-2-1-8(7-10(9)14)19-11(15)16-12(17-19)18-3-5-20-6-4-18/h1-2,7H,3-6H2,(H2,15,16,17). The highest BCUT2D eigenvalue weighted by molar-refractivity contribution is 6.30. The number of ether oxygens (including phenoxy) is 1. The predicted octanol–water partition coefficient (Wildman–Crippen LogP) is 1.48. The van der Waals surface area contributed by atoms with Gasteiger partial charge < -0.3 is 15.4 Å². The van der Waals surface area contributed by atoms with Crippen LogP contribution in [0.1, 0.15) is 0 Å². The lowest BCUT2D eigenvalue weighted by atomic mass is 10.3. The largest absolute Gasteiger partial charge is 0.378 e. The van der Waals surface area contributed by atoms with Crippen molar-refractivity contribution >= 4 is 23.5 Å². The first-order valence-electron chi connectivity index (χ1n) is 6.16. The van der Waals surface area contributed by atoms with Gasteiger partial charge >= 0.3 is 0 Å². The van der Waals surface area contributed by atoms with E-state index in [1.807, 2.05) is 4.90 Å². The number of nitrogens with zero attached hydrogens (tertiary/aromatic N) is 4. The van der Waals surface area contributed by atoms with Gasteiger partial charge in [0.1, 0.15) is 5.82 Å². The lowest BCUT2D eigenvalue weighted by molar-refractivity contribution is 0.122. The van der Waals surface area contributed by atoms with Crippen LogP contribution < -0.4 is 10.6 Å². The van der Waals surface area contributed by atoms with Gasteiger partial charge in [0.15, 0.2) is 0 Å². The van der Waals surface area contributed by atoms with Gasteiger partial charge in [-0.1, -0.05) is 11.6 Å². The van der Waals surface area contributed by atoms with Gasteiger partial charge in [0.25, 0.3) is 0 Å². The number of rotatable bonds is 2. The minimum Gasteiger partial charge on any atom is -0.378 e. The molecule has 0 atom stereocenters. The first kappa shape index (κ1) is 13.1. The molecular formula is C12H13ClFN5O. The van der Waals surface area contributed by atoms with E-state index in [1.165, 1.54) is 16.8 Å². The molecule has 1 fully saturated rings. The molecule has 106 valence electrons. The zero-order chi connectivity index (χ0) is 14.1. The molecule has 0 aliphatic carbocycles. The van der Waals surface area contributed by atoms with Crippen LogP contribution in [0.15, 0.2) is 18.2 Å². The van der Waals surface area contributed by atoms with E-state index in [-0.39, 0.29) is 11.0 Å². The number of halogens is 2. The van der Waals surface area contributed by atoms with Gasteiger partial charge in [0.05, 0.1) is 23.9 Å². The van der Waals surface area contributed by atoms with Crippen molar-refractivity contribution in [3.05, 3.63) is 29.0 Å². The molecule has 0 amide bonds. The number of nitrogens with two attached hydrogens (primary N) is 1. The Balaban J connectivity index is 1.93. The van der Waals surface area contributed by atoms with Crippen molar-refractivity contribution in [1.82, 2.24) is 14.8 Å². The van der Waals surface area contributed by atoms with E-state index in [2.05, 4.69) is 10.1 Å². The lowest BCUT2D eigenvalue weighted by Crippen LogP contribution is -2.37. The summed E-state index contributed by atoms with van der Waals surface area (Å²) in [5, 5.41) is 4.37. The predicted molar refractivity (Wildman–Crippen MR) is 73.8 cm³/mol. The molecule has 1 aliphatic heterocycles. The molecule has 1 aliphatic rings. The minimum absolute atomic E-state index is 0.0563. The summed E-state index contributed by atoms with van der Waals surface area (Å²) in [4.78, 5) is 6.18. The Morgan fingerprint density at radius 2 is 2.05 bits per heavy atom. The molecule has 0 spiro atoms. The van der Waals surface area contributed by atoms with Gasteiger partial charge in [-0.05, 0) is 12.1 Å². The summed E-state index contributed by atoms with van der Waals surface area (Å²) in [6.07, 6.45) is 0. The molecule has 8 heteroatoms. The Kier molecular flexibility index (Phi) is 3.45. The monoisotopic (exact) mass is 297 g/mol. The van der Waals surface area contributed by atoms with E-state index < -0.39 is 5.82 Å². The second-order valence-electron chi connectivity index (χ2n) is 4.38. The highest BCUT2D eigenvalue weighted by atomic mass is 35.5. The van der Waals surface area contributed by atoms with Crippen LogP contribution in [0.3, 0.4) is 0 Å². The van der Waals surface area contributed by atoms with Crippen LogP contribution in [-0.2, 0) is 4.74 Å². The van der Waals surface area contributed by atoms with Crippen LogP contribution in [0, 0.1) is 5.82 Å². The Labute approximate surface area is 119 Å². The van der Waals surface area contributed by atoms with E-state index in [1.54, 1.807) is 6.07 Å². The summed E-state index contributed by atoms with van der Waals surface area (Å²) in [7, 11) is 0. The zero-order valence-corrected chi connectivity index (χ0v) is 11.3. The molecule has 0 unspecified atom stereocenters. The van der Waals surface area contributed by atoms with Gasteiger partial charge in [-0.15, -0.1) is 5.10 Å². The van der Waals surface area contributed by atoms with E-state index in [0.29, 0.717) is 37.9 Å². The Morgan fingerprint density at radius 3 is 2.75 bits per heavy atom. The Bertz CT molecular complexity index is 626. The van der Waals surface area contributed by atoms with E-state index in [0.717, 1.165) is 0 Å². The van der Waals surface area contributed by atoms with E-state index in [4.69, 9.17) is 22.1 Å². The third kappa shape index (κ3) is 2.41. The number of aromatic nitrogens is 3. The molecule has 0 radical (unpaired) electrons. The first-order chi connectivity index (χ1) is 9.65. The summed E-state index contributed by atoms with van der Waals surface area (Å²) < 4.78 is 20.2. The van der Waals surface area contributed by atoms with Gasteiger partial charge in [0.2, 0.25) is 11.9 Å². The summed E-state index contributed by atoms with van der Waals surface area (Å²) in [6.45, 7) is 2.67. The average molecular weight is 298 g/mol. The summed E-state index contributed by atoms with van der Waals surface area (Å²) >= 11 is 5.66. The second-order valence-corrected chi connectivity index (χ2v) is 4.79. The van der Waals surface area contributed by atoms with Crippen LogP contribution in [0.5, 0.6) is 0 Å². The molecular weight excluding hydrogens is 285 g/mol. The van der Waals surface area contributed by atoms with Gasteiger partial charge in [-0.3, -0.25) is 0 Å². The first-order valence-corrected chi connectivity index (χ1v) is 6.53. The van der Waals surface area contributed by atoms with Crippen molar-refractivity contribution in [1.29, 1.82) is 0 Å². The third-order valence-corrected chi connectivity index (χ3v) is 3.37. The van der Waals surface area contributed by atoms with E-state index >= 15 is 0 Å². The van der Waals surface area contributed by atoms with Crippen molar-refractivity contribution in [3.63, 3.8) is 0 Å². The van der Waals surface area contributed by atoms with Gasteiger partial charge in [0, 0.05) is 19.2 Å². The fourth-order valence-corrected chi connectivity index (χ4v) is 2.13. The molecule has 0 saturated carbocycles.